The maximum Gasteiger partial charge on any atom is 0.203 e. The molecule has 0 radical (unpaired) electrons. The Labute approximate surface area is 153 Å². The summed E-state index contributed by atoms with van der Waals surface area (Å²) in [6, 6.07) is 7.72. The van der Waals surface area contributed by atoms with Gasteiger partial charge >= 0.3 is 0 Å². The summed E-state index contributed by atoms with van der Waals surface area (Å²) in [6.07, 6.45) is 1.50. The van der Waals surface area contributed by atoms with Crippen molar-refractivity contribution >= 4 is 0 Å². The number of phenolic OH excluding ortho intramolecular Hbond substituents is 1. The van der Waals surface area contributed by atoms with Gasteiger partial charge in [0.25, 0.3) is 0 Å². The van der Waals surface area contributed by atoms with Gasteiger partial charge in [-0.3, -0.25) is 0 Å². The zero-order valence-corrected chi connectivity index (χ0v) is 15.6. The summed E-state index contributed by atoms with van der Waals surface area (Å²) < 4.78 is 21.4. The molecule has 0 bridgehead atoms. The number of hydrogen-bond donors (Lipinski definition) is 2. The Morgan fingerprint density at radius 2 is 1.65 bits per heavy atom. The first-order chi connectivity index (χ1) is 12.6. The Hall–Kier alpha value is -2.60. The normalized spacial score (nSPS) is 15.9. The molecule has 0 fully saturated rings. The van der Waals surface area contributed by atoms with Crippen molar-refractivity contribution in [3.8, 4) is 28.7 Å². The summed E-state index contributed by atoms with van der Waals surface area (Å²) in [5, 5.41) is 14.3. The van der Waals surface area contributed by atoms with Crippen molar-refractivity contribution in [3.63, 3.8) is 0 Å². The van der Waals surface area contributed by atoms with E-state index in [1.807, 2.05) is 24.3 Å². The van der Waals surface area contributed by atoms with E-state index in [0.29, 0.717) is 17.9 Å². The summed E-state index contributed by atoms with van der Waals surface area (Å²) in [6.45, 7) is 0.827. The highest BCUT2D eigenvalue weighted by Crippen LogP contribution is 2.45. The molecule has 0 spiro atoms. The lowest BCUT2D eigenvalue weighted by Crippen LogP contribution is -2.31. The second kappa shape index (κ2) is 7.74. The van der Waals surface area contributed by atoms with Crippen LogP contribution in [0, 0.1) is 0 Å². The van der Waals surface area contributed by atoms with Crippen LogP contribution in [-0.2, 0) is 12.8 Å². The van der Waals surface area contributed by atoms with Crippen molar-refractivity contribution in [2.45, 2.75) is 18.9 Å². The molecule has 1 aliphatic rings. The van der Waals surface area contributed by atoms with Gasteiger partial charge in [0.05, 0.1) is 28.4 Å². The van der Waals surface area contributed by atoms with Crippen molar-refractivity contribution in [1.29, 1.82) is 0 Å². The molecular formula is C20H25NO5. The lowest BCUT2D eigenvalue weighted by Gasteiger charge is -2.29. The molecule has 0 aliphatic carbocycles. The topological polar surface area (TPSA) is 69.2 Å². The van der Waals surface area contributed by atoms with E-state index in [4.69, 9.17) is 18.9 Å². The molecule has 6 nitrogen and oxygen atoms in total. The fourth-order valence-corrected chi connectivity index (χ4v) is 3.51. The summed E-state index contributed by atoms with van der Waals surface area (Å²) in [5.41, 5.74) is 2.98. The standard InChI is InChI=1S/C20H25NO5/c1-23-14-7-12(8-15(11-14)24-2)9-16-18-13(5-6-21-16)10-17(25-3)20(26-4)19(18)22/h7-8,10-11,16,21-22H,5-6,9H2,1-4H3. The van der Waals surface area contributed by atoms with Gasteiger partial charge in [-0.25, -0.2) is 0 Å². The number of ether oxygens (including phenoxy) is 4. The number of hydrogen-bond acceptors (Lipinski definition) is 6. The first-order valence-electron chi connectivity index (χ1n) is 8.53. The fourth-order valence-electron chi connectivity index (χ4n) is 3.51. The molecule has 2 aromatic carbocycles. The number of fused-ring (bicyclic) bond motifs is 1. The maximum atomic E-state index is 10.8. The van der Waals surface area contributed by atoms with Crippen LogP contribution in [0.5, 0.6) is 28.7 Å². The van der Waals surface area contributed by atoms with E-state index in [9.17, 15) is 5.11 Å². The van der Waals surface area contributed by atoms with Crippen LogP contribution >= 0.6 is 0 Å². The van der Waals surface area contributed by atoms with Gasteiger partial charge in [-0.05, 0) is 48.7 Å². The molecule has 1 aliphatic heterocycles. The SMILES string of the molecule is COc1cc(CC2NCCc3cc(OC)c(OC)c(O)c32)cc(OC)c1. The van der Waals surface area contributed by atoms with Crippen LogP contribution in [0.4, 0.5) is 0 Å². The smallest absolute Gasteiger partial charge is 0.203 e. The van der Waals surface area contributed by atoms with Crippen LogP contribution < -0.4 is 24.3 Å². The Morgan fingerprint density at radius 1 is 0.962 bits per heavy atom. The van der Waals surface area contributed by atoms with Crippen LogP contribution in [0.2, 0.25) is 0 Å². The van der Waals surface area contributed by atoms with Gasteiger partial charge in [0.15, 0.2) is 11.5 Å². The Morgan fingerprint density at radius 3 is 2.23 bits per heavy atom. The van der Waals surface area contributed by atoms with Gasteiger partial charge in [-0.15, -0.1) is 0 Å². The molecule has 0 saturated heterocycles. The molecule has 2 aromatic rings. The van der Waals surface area contributed by atoms with Crippen molar-refractivity contribution in [2.75, 3.05) is 35.0 Å². The number of aromatic hydroxyl groups is 1. The quantitative estimate of drug-likeness (QED) is 0.827. The minimum atomic E-state index is -0.0460. The Bertz CT molecular complexity index is 768. The molecule has 3 rings (SSSR count). The molecule has 1 unspecified atom stereocenters. The second-order valence-corrected chi connectivity index (χ2v) is 6.22. The van der Waals surface area contributed by atoms with Crippen LogP contribution in [0.25, 0.3) is 0 Å². The van der Waals surface area contributed by atoms with Crippen LogP contribution in [-0.4, -0.2) is 40.1 Å². The van der Waals surface area contributed by atoms with Gasteiger partial charge in [-0.2, -0.15) is 0 Å². The average molecular weight is 359 g/mol. The van der Waals surface area contributed by atoms with Crippen molar-refractivity contribution in [1.82, 2.24) is 5.32 Å². The van der Waals surface area contributed by atoms with Gasteiger partial charge in [0.1, 0.15) is 11.5 Å². The van der Waals surface area contributed by atoms with E-state index in [1.165, 1.54) is 7.11 Å². The second-order valence-electron chi connectivity index (χ2n) is 6.22. The van der Waals surface area contributed by atoms with Gasteiger partial charge in [-0.1, -0.05) is 0 Å². The molecule has 140 valence electrons. The number of phenols is 1. The zero-order chi connectivity index (χ0) is 18.7. The molecule has 0 aromatic heterocycles. The molecule has 1 heterocycles. The molecule has 0 saturated carbocycles. The number of rotatable bonds is 6. The van der Waals surface area contributed by atoms with E-state index in [2.05, 4.69) is 5.32 Å². The minimum Gasteiger partial charge on any atom is -0.504 e. The monoisotopic (exact) mass is 359 g/mol. The lowest BCUT2D eigenvalue weighted by molar-refractivity contribution is 0.325. The zero-order valence-electron chi connectivity index (χ0n) is 15.6. The van der Waals surface area contributed by atoms with E-state index >= 15 is 0 Å². The fraction of sp³-hybridized carbons (Fsp3) is 0.400. The Balaban J connectivity index is 2.00. The number of methoxy groups -OCH3 is 4. The van der Waals surface area contributed by atoms with Gasteiger partial charge < -0.3 is 29.4 Å². The predicted molar refractivity (Wildman–Crippen MR) is 98.9 cm³/mol. The van der Waals surface area contributed by atoms with E-state index in [0.717, 1.165) is 41.2 Å². The molecule has 26 heavy (non-hydrogen) atoms. The number of benzene rings is 2. The molecule has 1 atom stereocenters. The highest BCUT2D eigenvalue weighted by molar-refractivity contribution is 5.60. The minimum absolute atomic E-state index is 0.0460. The Kier molecular flexibility index (Phi) is 5.42. The van der Waals surface area contributed by atoms with Crippen LogP contribution in [0.1, 0.15) is 22.7 Å². The summed E-state index contributed by atoms with van der Waals surface area (Å²) in [5.74, 6) is 2.53. The third kappa shape index (κ3) is 3.37. The largest absolute Gasteiger partial charge is 0.504 e. The van der Waals surface area contributed by atoms with Crippen molar-refractivity contribution in [3.05, 3.63) is 41.0 Å². The first-order valence-corrected chi connectivity index (χ1v) is 8.53. The molecule has 6 heteroatoms. The van der Waals surface area contributed by atoms with Gasteiger partial charge in [0.2, 0.25) is 5.75 Å². The summed E-state index contributed by atoms with van der Waals surface area (Å²) in [4.78, 5) is 0. The predicted octanol–water partition coefficient (Wildman–Crippen LogP) is 2.86. The maximum absolute atomic E-state index is 10.8. The number of nitrogens with one attached hydrogen (secondary N) is 1. The first kappa shape index (κ1) is 18.2. The van der Waals surface area contributed by atoms with E-state index in [-0.39, 0.29) is 11.8 Å². The van der Waals surface area contributed by atoms with Crippen molar-refractivity contribution in [2.24, 2.45) is 0 Å². The molecule has 2 N–H and O–H groups in total. The highest BCUT2D eigenvalue weighted by Gasteiger charge is 2.28. The molecule has 0 amide bonds. The van der Waals surface area contributed by atoms with Crippen LogP contribution in [0.3, 0.4) is 0 Å². The van der Waals surface area contributed by atoms with E-state index in [1.54, 1.807) is 21.3 Å². The molecular weight excluding hydrogens is 334 g/mol. The summed E-state index contributed by atoms with van der Waals surface area (Å²) >= 11 is 0. The third-order valence-corrected chi connectivity index (χ3v) is 4.75. The third-order valence-electron chi connectivity index (χ3n) is 4.75. The van der Waals surface area contributed by atoms with Crippen molar-refractivity contribution < 1.29 is 24.1 Å². The average Bonchev–Trinajstić information content (AvgIpc) is 2.67. The lowest BCUT2D eigenvalue weighted by atomic mass is 9.88. The van der Waals surface area contributed by atoms with Gasteiger partial charge in [0, 0.05) is 17.7 Å². The summed E-state index contributed by atoms with van der Waals surface area (Å²) in [7, 11) is 6.37. The van der Waals surface area contributed by atoms with Crippen LogP contribution in [0.15, 0.2) is 24.3 Å². The van der Waals surface area contributed by atoms with E-state index < -0.39 is 0 Å². The highest BCUT2D eigenvalue weighted by atomic mass is 16.5.